The minimum atomic E-state index is 0.619. The Labute approximate surface area is 123 Å². The molecule has 3 rings (SSSR count). The minimum Gasteiger partial charge on any atom is -0.486 e. The topological polar surface area (TPSA) is 56.3 Å². The fraction of sp³-hybridized carbons (Fsp3) is 0.333. The molecule has 1 aromatic heterocycles. The normalized spacial score (nSPS) is 13.3. The van der Waals surface area contributed by atoms with Gasteiger partial charge in [-0.25, -0.2) is 0 Å². The maximum absolute atomic E-state index is 5.56. The summed E-state index contributed by atoms with van der Waals surface area (Å²) in [6, 6.07) is 6.06. The number of halogens is 1. The van der Waals surface area contributed by atoms with Crippen molar-refractivity contribution in [3.63, 3.8) is 0 Å². The zero-order chi connectivity index (χ0) is 13.1. The number of hydrogen-bond acceptors (Lipinski definition) is 6. The van der Waals surface area contributed by atoms with E-state index in [-0.39, 0.29) is 0 Å². The van der Waals surface area contributed by atoms with Gasteiger partial charge in [-0.3, -0.25) is 0 Å². The van der Waals surface area contributed by atoms with Crippen LogP contribution in [0.4, 0.5) is 5.13 Å². The second-order valence-electron chi connectivity index (χ2n) is 4.01. The third kappa shape index (κ3) is 3.16. The van der Waals surface area contributed by atoms with Gasteiger partial charge in [0.05, 0.1) is 0 Å². The molecule has 19 heavy (non-hydrogen) atoms. The van der Waals surface area contributed by atoms with Crippen molar-refractivity contribution in [2.24, 2.45) is 0 Å². The van der Waals surface area contributed by atoms with E-state index in [1.165, 1.54) is 16.9 Å². The molecule has 0 fully saturated rings. The predicted octanol–water partition coefficient (Wildman–Crippen LogP) is 2.73. The summed E-state index contributed by atoms with van der Waals surface area (Å²) < 4.78 is 11.8. The molecule has 2 aromatic rings. The Bertz CT molecular complexity index is 576. The van der Waals surface area contributed by atoms with E-state index in [1.54, 1.807) is 0 Å². The maximum Gasteiger partial charge on any atom is 0.206 e. The molecule has 1 aromatic carbocycles. The van der Waals surface area contributed by atoms with Crippen molar-refractivity contribution >= 4 is 32.4 Å². The SMILES string of the molecule is Brc1nnc(NCCc2ccc3c(c2)OCCO3)s1. The summed E-state index contributed by atoms with van der Waals surface area (Å²) in [6.45, 7) is 2.05. The van der Waals surface area contributed by atoms with E-state index < -0.39 is 0 Å². The zero-order valence-electron chi connectivity index (χ0n) is 10.1. The van der Waals surface area contributed by atoms with Crippen molar-refractivity contribution < 1.29 is 9.47 Å². The van der Waals surface area contributed by atoms with Crippen LogP contribution in [-0.4, -0.2) is 30.0 Å². The Morgan fingerprint density at radius 1 is 1.21 bits per heavy atom. The van der Waals surface area contributed by atoms with Gasteiger partial charge in [0.25, 0.3) is 0 Å². The highest BCUT2D eigenvalue weighted by molar-refractivity contribution is 9.11. The number of anilines is 1. The average Bonchev–Trinajstić information content (AvgIpc) is 2.84. The number of nitrogens with one attached hydrogen (secondary N) is 1. The Morgan fingerprint density at radius 2 is 2.05 bits per heavy atom. The van der Waals surface area contributed by atoms with Gasteiger partial charge in [0.15, 0.2) is 15.4 Å². The molecule has 7 heteroatoms. The zero-order valence-corrected chi connectivity index (χ0v) is 12.5. The number of benzene rings is 1. The molecule has 1 aliphatic heterocycles. The largest absolute Gasteiger partial charge is 0.486 e. The van der Waals surface area contributed by atoms with Crippen molar-refractivity contribution in [3.05, 3.63) is 27.7 Å². The minimum absolute atomic E-state index is 0.619. The summed E-state index contributed by atoms with van der Waals surface area (Å²) in [5, 5.41) is 11.9. The molecule has 0 aliphatic carbocycles. The molecule has 0 radical (unpaired) electrons. The number of fused-ring (bicyclic) bond motifs is 1. The summed E-state index contributed by atoms with van der Waals surface area (Å²) in [5.74, 6) is 1.67. The molecule has 0 bridgehead atoms. The number of hydrogen-bond donors (Lipinski definition) is 1. The monoisotopic (exact) mass is 341 g/mol. The summed E-state index contributed by atoms with van der Waals surface area (Å²) >= 11 is 4.77. The van der Waals surface area contributed by atoms with Crippen LogP contribution in [0.3, 0.4) is 0 Å². The standard InChI is InChI=1S/C12H12BrN3O2S/c13-11-15-16-12(19-11)14-4-3-8-1-2-9-10(7-8)18-6-5-17-9/h1-2,7H,3-6H2,(H,14,16). The van der Waals surface area contributed by atoms with Crippen molar-refractivity contribution in [2.45, 2.75) is 6.42 Å². The van der Waals surface area contributed by atoms with E-state index in [0.717, 1.165) is 33.5 Å². The van der Waals surface area contributed by atoms with Crippen LogP contribution < -0.4 is 14.8 Å². The first-order valence-corrected chi connectivity index (χ1v) is 7.53. The lowest BCUT2D eigenvalue weighted by Gasteiger charge is -2.18. The van der Waals surface area contributed by atoms with E-state index in [2.05, 4.69) is 37.5 Å². The van der Waals surface area contributed by atoms with Gasteiger partial charge in [-0.05, 0) is 40.0 Å². The molecule has 5 nitrogen and oxygen atoms in total. The van der Waals surface area contributed by atoms with Gasteiger partial charge in [0, 0.05) is 6.54 Å². The van der Waals surface area contributed by atoms with Crippen molar-refractivity contribution in [1.82, 2.24) is 10.2 Å². The van der Waals surface area contributed by atoms with Gasteiger partial charge in [0.2, 0.25) is 5.13 Å². The van der Waals surface area contributed by atoms with Gasteiger partial charge in [-0.2, -0.15) is 0 Å². The molecular formula is C12H12BrN3O2S. The lowest BCUT2D eigenvalue weighted by atomic mass is 10.1. The molecule has 1 aliphatic rings. The van der Waals surface area contributed by atoms with Crippen molar-refractivity contribution in [1.29, 1.82) is 0 Å². The molecule has 0 saturated carbocycles. The number of ether oxygens (including phenoxy) is 2. The lowest BCUT2D eigenvalue weighted by Crippen LogP contribution is -2.15. The van der Waals surface area contributed by atoms with Gasteiger partial charge >= 0.3 is 0 Å². The van der Waals surface area contributed by atoms with Crippen LogP contribution >= 0.6 is 27.3 Å². The van der Waals surface area contributed by atoms with Crippen LogP contribution in [0.15, 0.2) is 22.1 Å². The van der Waals surface area contributed by atoms with Crippen LogP contribution in [0.25, 0.3) is 0 Å². The summed E-state index contributed by atoms with van der Waals surface area (Å²) in [5.41, 5.74) is 1.21. The molecule has 1 N–H and O–H groups in total. The van der Waals surface area contributed by atoms with E-state index >= 15 is 0 Å². The van der Waals surface area contributed by atoms with Crippen LogP contribution in [0.2, 0.25) is 0 Å². The summed E-state index contributed by atoms with van der Waals surface area (Å²) in [6.07, 6.45) is 0.897. The smallest absolute Gasteiger partial charge is 0.206 e. The number of aromatic nitrogens is 2. The lowest BCUT2D eigenvalue weighted by molar-refractivity contribution is 0.171. The first kappa shape index (κ1) is 12.7. The van der Waals surface area contributed by atoms with Gasteiger partial charge in [-0.15, -0.1) is 10.2 Å². The van der Waals surface area contributed by atoms with Crippen molar-refractivity contribution in [2.75, 3.05) is 25.1 Å². The van der Waals surface area contributed by atoms with Gasteiger partial charge < -0.3 is 14.8 Å². The second kappa shape index (κ2) is 5.75. The van der Waals surface area contributed by atoms with E-state index in [0.29, 0.717) is 13.2 Å². The van der Waals surface area contributed by atoms with Gasteiger partial charge in [-0.1, -0.05) is 17.4 Å². The van der Waals surface area contributed by atoms with Gasteiger partial charge in [0.1, 0.15) is 13.2 Å². The highest BCUT2D eigenvalue weighted by Crippen LogP contribution is 2.30. The Hall–Kier alpha value is -1.34. The molecule has 0 unspecified atom stereocenters. The van der Waals surface area contributed by atoms with Crippen LogP contribution in [0.1, 0.15) is 5.56 Å². The van der Waals surface area contributed by atoms with Crippen LogP contribution in [0.5, 0.6) is 11.5 Å². The maximum atomic E-state index is 5.56. The molecular weight excluding hydrogens is 330 g/mol. The van der Waals surface area contributed by atoms with E-state index in [9.17, 15) is 0 Å². The highest BCUT2D eigenvalue weighted by atomic mass is 79.9. The van der Waals surface area contributed by atoms with E-state index in [1.807, 2.05) is 12.1 Å². The summed E-state index contributed by atoms with van der Waals surface area (Å²) in [4.78, 5) is 0. The Balaban J connectivity index is 1.58. The third-order valence-electron chi connectivity index (χ3n) is 2.70. The van der Waals surface area contributed by atoms with Crippen LogP contribution in [-0.2, 0) is 6.42 Å². The fourth-order valence-corrected chi connectivity index (χ4v) is 2.87. The molecule has 0 amide bonds. The molecule has 100 valence electrons. The van der Waals surface area contributed by atoms with Crippen LogP contribution in [0, 0.1) is 0 Å². The molecule has 0 atom stereocenters. The number of rotatable bonds is 4. The van der Waals surface area contributed by atoms with Crippen molar-refractivity contribution in [3.8, 4) is 11.5 Å². The Morgan fingerprint density at radius 3 is 2.84 bits per heavy atom. The molecule has 2 heterocycles. The quantitative estimate of drug-likeness (QED) is 0.926. The summed E-state index contributed by atoms with van der Waals surface area (Å²) in [7, 11) is 0. The first-order chi connectivity index (χ1) is 9.31. The molecule has 0 saturated heterocycles. The highest BCUT2D eigenvalue weighted by Gasteiger charge is 2.11. The first-order valence-electron chi connectivity index (χ1n) is 5.93. The fourth-order valence-electron chi connectivity index (χ4n) is 1.83. The second-order valence-corrected chi connectivity index (χ2v) is 6.27. The molecule has 0 spiro atoms. The number of nitrogens with zero attached hydrogens (tertiary/aromatic N) is 2. The predicted molar refractivity (Wildman–Crippen MR) is 77.2 cm³/mol. The average molecular weight is 342 g/mol. The third-order valence-corrected chi connectivity index (χ3v) is 4.01. The Kier molecular flexibility index (Phi) is 3.84. The van der Waals surface area contributed by atoms with E-state index in [4.69, 9.17) is 9.47 Å².